The lowest BCUT2D eigenvalue weighted by atomic mass is 9.82. The molecule has 1 aromatic carbocycles. The van der Waals surface area contributed by atoms with Crippen molar-refractivity contribution >= 4 is 23.0 Å². The highest BCUT2D eigenvalue weighted by atomic mass is 16.4. The molecular formula is C28H41N5O2. The summed E-state index contributed by atoms with van der Waals surface area (Å²) in [6.07, 6.45) is 8.89. The van der Waals surface area contributed by atoms with E-state index in [1.165, 1.54) is 19.3 Å². The summed E-state index contributed by atoms with van der Waals surface area (Å²) in [5.41, 5.74) is 1.97. The van der Waals surface area contributed by atoms with Crippen molar-refractivity contribution in [3.63, 3.8) is 0 Å². The first-order valence-corrected chi connectivity index (χ1v) is 13.4. The molecule has 2 bridgehead atoms. The quantitative estimate of drug-likeness (QED) is 0.598. The summed E-state index contributed by atoms with van der Waals surface area (Å²) in [4.78, 5) is 25.6. The third kappa shape index (κ3) is 5.12. The van der Waals surface area contributed by atoms with Crippen LogP contribution in [-0.4, -0.2) is 78.1 Å². The smallest absolute Gasteiger partial charge is 0.298 e. The lowest BCUT2D eigenvalue weighted by Gasteiger charge is -2.47. The highest BCUT2D eigenvalue weighted by molar-refractivity contribution is 6.04. The number of hydrogen-bond donors (Lipinski definition) is 1. The highest BCUT2D eigenvalue weighted by Crippen LogP contribution is 2.33. The van der Waals surface area contributed by atoms with E-state index in [2.05, 4.69) is 47.5 Å². The number of carbonyl (C=O) groups excluding carboxylic acids is 1. The normalized spacial score (nSPS) is 27.9. The van der Waals surface area contributed by atoms with Gasteiger partial charge in [-0.25, -0.2) is 0 Å². The predicted molar refractivity (Wildman–Crippen MR) is 141 cm³/mol. The molecule has 0 aliphatic carbocycles. The number of piperazine rings is 1. The van der Waals surface area contributed by atoms with Gasteiger partial charge in [-0.05, 0) is 57.2 Å². The summed E-state index contributed by atoms with van der Waals surface area (Å²) in [7, 11) is 2.24. The molecule has 1 aromatic heterocycles. The van der Waals surface area contributed by atoms with Crippen LogP contribution in [-0.2, 0) is 0 Å². The Morgan fingerprint density at radius 3 is 2.74 bits per heavy atom. The fourth-order valence-corrected chi connectivity index (χ4v) is 6.51. The van der Waals surface area contributed by atoms with Gasteiger partial charge in [0.1, 0.15) is 5.52 Å². The molecule has 190 valence electrons. The Bertz CT molecular complexity index is 1040. The Labute approximate surface area is 209 Å². The maximum atomic E-state index is 13.4. The van der Waals surface area contributed by atoms with Gasteiger partial charge in [0.2, 0.25) is 0 Å². The minimum absolute atomic E-state index is 0.0300. The second kappa shape index (κ2) is 10.3. The first-order chi connectivity index (χ1) is 16.9. The van der Waals surface area contributed by atoms with Crippen molar-refractivity contribution in [2.24, 2.45) is 5.92 Å². The molecule has 5 rings (SSSR count). The molecule has 0 saturated carbocycles. The minimum Gasteiger partial charge on any atom is -0.423 e. The van der Waals surface area contributed by atoms with E-state index in [0.717, 1.165) is 45.4 Å². The number of piperidine rings is 2. The Kier molecular flexibility index (Phi) is 7.17. The fourth-order valence-electron chi connectivity index (χ4n) is 6.51. The van der Waals surface area contributed by atoms with Crippen molar-refractivity contribution < 1.29 is 9.21 Å². The van der Waals surface area contributed by atoms with Crippen molar-refractivity contribution in [2.75, 3.05) is 38.1 Å². The van der Waals surface area contributed by atoms with Crippen LogP contribution in [0.1, 0.15) is 62.7 Å². The summed E-state index contributed by atoms with van der Waals surface area (Å²) in [6, 6.07) is 8.07. The third-order valence-corrected chi connectivity index (χ3v) is 8.27. The van der Waals surface area contributed by atoms with Gasteiger partial charge in [-0.15, -0.1) is 6.58 Å². The molecule has 7 heteroatoms. The molecule has 35 heavy (non-hydrogen) atoms. The standard InChI is InChI=1S/C28H41N5O2/c1-5-12-32-13-14-33(23(18-32)15-19(2)3)28-30-26-24(10-7-11-25(26)35-28)27(34)29-20-16-21-8-6-9-22(17-20)31(21)4/h5,7,10-11,19-23H,1,6,8-9,12-18H2,2-4H3,(H,29,34)/t20?,21?,22?,23-/m0/s1. The lowest BCUT2D eigenvalue weighted by Crippen LogP contribution is -2.55. The summed E-state index contributed by atoms with van der Waals surface area (Å²) in [5, 5.41) is 3.34. The molecule has 4 heterocycles. The van der Waals surface area contributed by atoms with Gasteiger partial charge in [-0.3, -0.25) is 9.69 Å². The number of amides is 1. The maximum Gasteiger partial charge on any atom is 0.298 e. The number of aromatic nitrogens is 1. The zero-order valence-electron chi connectivity index (χ0n) is 21.6. The van der Waals surface area contributed by atoms with Crippen LogP contribution < -0.4 is 10.2 Å². The number of rotatable bonds is 7. The van der Waals surface area contributed by atoms with E-state index in [4.69, 9.17) is 9.40 Å². The fraction of sp³-hybridized carbons (Fsp3) is 0.643. The van der Waals surface area contributed by atoms with Crippen molar-refractivity contribution in [1.29, 1.82) is 0 Å². The largest absolute Gasteiger partial charge is 0.423 e. The Morgan fingerprint density at radius 1 is 1.26 bits per heavy atom. The summed E-state index contributed by atoms with van der Waals surface area (Å²) in [6.45, 7) is 12.1. The number of anilines is 1. The van der Waals surface area contributed by atoms with E-state index >= 15 is 0 Å². The summed E-state index contributed by atoms with van der Waals surface area (Å²) >= 11 is 0. The predicted octanol–water partition coefficient (Wildman–Crippen LogP) is 4.30. The van der Waals surface area contributed by atoms with E-state index < -0.39 is 0 Å². The second-order valence-corrected chi connectivity index (χ2v) is 11.2. The number of nitrogens with one attached hydrogen (secondary N) is 1. The topological polar surface area (TPSA) is 64.8 Å². The molecule has 1 amide bonds. The second-order valence-electron chi connectivity index (χ2n) is 11.2. The molecule has 2 aromatic rings. The van der Waals surface area contributed by atoms with Crippen LogP contribution in [0.25, 0.3) is 11.1 Å². The highest BCUT2D eigenvalue weighted by Gasteiger charge is 2.37. The van der Waals surface area contributed by atoms with Gasteiger partial charge in [0, 0.05) is 50.3 Å². The van der Waals surface area contributed by atoms with E-state index in [1.54, 1.807) is 0 Å². The van der Waals surface area contributed by atoms with E-state index in [1.807, 2.05) is 24.3 Å². The molecule has 3 fully saturated rings. The van der Waals surface area contributed by atoms with Crippen LogP contribution in [0.4, 0.5) is 6.01 Å². The van der Waals surface area contributed by atoms with Crippen LogP contribution in [0.2, 0.25) is 0 Å². The molecule has 3 aliphatic heterocycles. The van der Waals surface area contributed by atoms with Crippen molar-refractivity contribution in [1.82, 2.24) is 20.1 Å². The molecule has 0 spiro atoms. The van der Waals surface area contributed by atoms with E-state index in [0.29, 0.717) is 46.7 Å². The molecule has 7 nitrogen and oxygen atoms in total. The van der Waals surface area contributed by atoms with Crippen molar-refractivity contribution in [3.8, 4) is 0 Å². The molecule has 3 atom stereocenters. The first kappa shape index (κ1) is 24.3. The van der Waals surface area contributed by atoms with Crippen LogP contribution in [0.15, 0.2) is 35.3 Å². The van der Waals surface area contributed by atoms with Gasteiger partial charge >= 0.3 is 0 Å². The van der Waals surface area contributed by atoms with Gasteiger partial charge in [-0.1, -0.05) is 32.4 Å². The van der Waals surface area contributed by atoms with Gasteiger partial charge in [-0.2, -0.15) is 4.98 Å². The third-order valence-electron chi connectivity index (χ3n) is 8.27. The number of hydrogen-bond acceptors (Lipinski definition) is 6. The molecule has 1 N–H and O–H groups in total. The zero-order valence-corrected chi connectivity index (χ0v) is 21.6. The number of para-hydroxylation sites is 1. The number of benzene rings is 1. The van der Waals surface area contributed by atoms with E-state index in [9.17, 15) is 4.79 Å². The molecule has 3 saturated heterocycles. The van der Waals surface area contributed by atoms with Gasteiger partial charge in [0.25, 0.3) is 11.9 Å². The lowest BCUT2D eigenvalue weighted by molar-refractivity contribution is 0.0463. The number of carbonyl (C=O) groups is 1. The molecule has 2 unspecified atom stereocenters. The summed E-state index contributed by atoms with van der Waals surface area (Å²) in [5.74, 6) is 0.545. The Morgan fingerprint density at radius 2 is 2.03 bits per heavy atom. The first-order valence-electron chi connectivity index (χ1n) is 13.4. The van der Waals surface area contributed by atoms with Gasteiger partial charge in [0.05, 0.1) is 5.56 Å². The number of oxazole rings is 1. The average Bonchev–Trinajstić information content (AvgIpc) is 3.24. The van der Waals surface area contributed by atoms with Crippen LogP contribution in [0.5, 0.6) is 0 Å². The zero-order chi connectivity index (χ0) is 24.5. The number of nitrogens with zero attached hydrogens (tertiary/aromatic N) is 4. The Hall–Kier alpha value is -2.38. The van der Waals surface area contributed by atoms with Crippen LogP contribution in [0, 0.1) is 5.92 Å². The number of fused-ring (bicyclic) bond motifs is 3. The maximum absolute atomic E-state index is 13.4. The summed E-state index contributed by atoms with van der Waals surface area (Å²) < 4.78 is 6.26. The minimum atomic E-state index is -0.0300. The van der Waals surface area contributed by atoms with Crippen LogP contribution in [0.3, 0.4) is 0 Å². The van der Waals surface area contributed by atoms with Gasteiger partial charge < -0.3 is 19.5 Å². The molecule has 3 aliphatic rings. The van der Waals surface area contributed by atoms with E-state index in [-0.39, 0.29) is 11.9 Å². The SMILES string of the molecule is C=CCN1CCN(c2nc3c(C(=O)NC4CC5CCCC(C4)N5C)cccc3o2)[C@@H](CC(C)C)C1. The Balaban J connectivity index is 1.35. The molecule has 0 radical (unpaired) electrons. The molecular weight excluding hydrogens is 438 g/mol. The monoisotopic (exact) mass is 479 g/mol. The van der Waals surface area contributed by atoms with Crippen molar-refractivity contribution in [2.45, 2.75) is 76.5 Å². The van der Waals surface area contributed by atoms with Crippen molar-refractivity contribution in [3.05, 3.63) is 36.4 Å². The van der Waals surface area contributed by atoms with Crippen LogP contribution >= 0.6 is 0 Å². The average molecular weight is 480 g/mol. The van der Waals surface area contributed by atoms with Gasteiger partial charge in [0.15, 0.2) is 5.58 Å².